The van der Waals surface area contributed by atoms with Gasteiger partial charge in [0.25, 0.3) is 0 Å². The Balaban J connectivity index is 1.71. The van der Waals surface area contributed by atoms with E-state index in [0.29, 0.717) is 11.3 Å². The number of halogens is 2. The van der Waals surface area contributed by atoms with E-state index in [1.54, 1.807) is 18.3 Å². The van der Waals surface area contributed by atoms with E-state index in [-0.39, 0.29) is 29.7 Å². The van der Waals surface area contributed by atoms with Gasteiger partial charge in [-0.15, -0.1) is 0 Å². The number of ether oxygens (including phenoxy) is 2. The number of carboxylic acid groups (broad SMARTS) is 1. The second-order valence-electron chi connectivity index (χ2n) is 6.00. The first-order chi connectivity index (χ1) is 12.5. The Bertz CT molecular complexity index is 978. The van der Waals surface area contributed by atoms with Crippen molar-refractivity contribution in [2.45, 2.75) is 25.4 Å². The zero-order chi connectivity index (χ0) is 18.3. The highest BCUT2D eigenvalue weighted by Gasteiger charge is 2.32. The van der Waals surface area contributed by atoms with Crippen molar-refractivity contribution >= 4 is 11.8 Å². The molecule has 6 nitrogen and oxygen atoms in total. The molecule has 1 aromatic carbocycles. The minimum atomic E-state index is -1.44. The van der Waals surface area contributed by atoms with E-state index in [1.807, 2.05) is 0 Å². The van der Waals surface area contributed by atoms with Gasteiger partial charge in [0.05, 0.1) is 5.56 Å². The Hall–Kier alpha value is -3.16. The first kappa shape index (κ1) is 16.3. The second-order valence-corrected chi connectivity index (χ2v) is 6.00. The molecule has 3 aromatic rings. The molecule has 4 rings (SSSR count). The number of carbonyl (C=O) groups is 1. The summed E-state index contributed by atoms with van der Waals surface area (Å²) in [6, 6.07) is 6.81. The van der Waals surface area contributed by atoms with Crippen LogP contribution in [-0.4, -0.2) is 20.6 Å². The molecule has 0 radical (unpaired) electrons. The summed E-state index contributed by atoms with van der Waals surface area (Å²) in [5, 5.41) is 8.98. The molecule has 0 atom stereocenters. The molecule has 0 amide bonds. The fourth-order valence-corrected chi connectivity index (χ4v) is 2.78. The summed E-state index contributed by atoms with van der Waals surface area (Å²) in [7, 11) is 0. The fraction of sp³-hybridized carbons (Fsp3) is 0.222. The van der Waals surface area contributed by atoms with Crippen LogP contribution in [0, 0.1) is 11.6 Å². The van der Waals surface area contributed by atoms with Gasteiger partial charge < -0.3 is 14.6 Å². The van der Waals surface area contributed by atoms with Crippen molar-refractivity contribution in [3.05, 3.63) is 59.4 Å². The molecule has 1 fully saturated rings. The van der Waals surface area contributed by atoms with Crippen molar-refractivity contribution in [1.29, 1.82) is 0 Å². The van der Waals surface area contributed by atoms with Gasteiger partial charge in [-0.25, -0.2) is 18.6 Å². The Labute approximate surface area is 146 Å². The van der Waals surface area contributed by atoms with Gasteiger partial charge in [0, 0.05) is 12.1 Å². The van der Waals surface area contributed by atoms with E-state index in [4.69, 9.17) is 14.6 Å². The topological polar surface area (TPSA) is 73.1 Å². The molecule has 134 valence electrons. The highest BCUT2D eigenvalue weighted by molar-refractivity contribution is 5.65. The van der Waals surface area contributed by atoms with Crippen LogP contribution in [-0.2, 0) is 6.61 Å². The predicted octanol–water partition coefficient (Wildman–Crippen LogP) is 4.13. The molecule has 0 bridgehead atoms. The quantitative estimate of drug-likeness (QED) is 0.693. The third kappa shape index (κ3) is 2.94. The van der Waals surface area contributed by atoms with Crippen molar-refractivity contribution in [2.75, 3.05) is 0 Å². The second kappa shape index (κ2) is 6.29. The van der Waals surface area contributed by atoms with Crippen molar-refractivity contribution in [3.8, 4) is 11.6 Å². The Morgan fingerprint density at radius 2 is 1.96 bits per heavy atom. The van der Waals surface area contributed by atoms with Crippen LogP contribution in [0.4, 0.5) is 13.6 Å². The number of hydrogen-bond acceptors (Lipinski definition) is 4. The minimum Gasteiger partial charge on any atom is -0.485 e. The number of hydrogen-bond donors (Lipinski definition) is 1. The summed E-state index contributed by atoms with van der Waals surface area (Å²) in [5.74, 6) is -0.862. The number of aromatic nitrogens is 2. The van der Waals surface area contributed by atoms with E-state index in [0.717, 1.165) is 25.0 Å². The van der Waals surface area contributed by atoms with Gasteiger partial charge in [-0.1, -0.05) is 6.07 Å². The molecule has 1 saturated carbocycles. The van der Waals surface area contributed by atoms with Crippen LogP contribution < -0.4 is 9.47 Å². The minimum absolute atomic E-state index is 0.123. The molecular formula is C18H14F2N2O4. The van der Waals surface area contributed by atoms with E-state index >= 15 is 0 Å². The molecule has 8 heteroatoms. The monoisotopic (exact) mass is 360 g/mol. The molecule has 0 spiro atoms. The van der Waals surface area contributed by atoms with Gasteiger partial charge in [0.1, 0.15) is 23.9 Å². The summed E-state index contributed by atoms with van der Waals surface area (Å²) >= 11 is 0. The van der Waals surface area contributed by atoms with Gasteiger partial charge in [0.2, 0.25) is 5.88 Å². The van der Waals surface area contributed by atoms with Crippen LogP contribution in [0.25, 0.3) is 5.65 Å². The highest BCUT2D eigenvalue weighted by atomic mass is 19.1. The molecule has 0 saturated heterocycles. The molecule has 1 aliphatic rings. The standard InChI is InChI=1S/C18H14F2N2O4/c19-12-3-1-4-13(20)11(12)9-25-14-5-2-8-22-16(14)21-15(10-6-7-10)17(22)26-18(23)24/h1-5,8,10H,6-7,9H2,(H,23,24). The lowest BCUT2D eigenvalue weighted by Gasteiger charge is -2.09. The van der Waals surface area contributed by atoms with Gasteiger partial charge in [-0.3, -0.25) is 4.40 Å². The fourth-order valence-electron chi connectivity index (χ4n) is 2.78. The van der Waals surface area contributed by atoms with Crippen molar-refractivity contribution in [2.24, 2.45) is 0 Å². The normalized spacial score (nSPS) is 13.8. The van der Waals surface area contributed by atoms with Crippen LogP contribution in [0.5, 0.6) is 11.6 Å². The highest BCUT2D eigenvalue weighted by Crippen LogP contribution is 2.45. The van der Waals surface area contributed by atoms with Crippen LogP contribution in [0.2, 0.25) is 0 Å². The predicted molar refractivity (Wildman–Crippen MR) is 86.5 cm³/mol. The van der Waals surface area contributed by atoms with Crippen LogP contribution in [0.3, 0.4) is 0 Å². The molecule has 0 aliphatic heterocycles. The number of pyridine rings is 1. The summed E-state index contributed by atoms with van der Waals surface area (Å²) in [6.45, 7) is -0.321. The Morgan fingerprint density at radius 1 is 1.23 bits per heavy atom. The molecular weight excluding hydrogens is 346 g/mol. The first-order valence-corrected chi connectivity index (χ1v) is 8.02. The van der Waals surface area contributed by atoms with Gasteiger partial charge in [0.15, 0.2) is 11.4 Å². The van der Waals surface area contributed by atoms with Crippen molar-refractivity contribution < 1.29 is 28.2 Å². The molecule has 2 heterocycles. The van der Waals surface area contributed by atoms with E-state index in [2.05, 4.69) is 4.98 Å². The lowest BCUT2D eigenvalue weighted by atomic mass is 10.2. The lowest BCUT2D eigenvalue weighted by Crippen LogP contribution is -2.07. The number of benzene rings is 1. The molecule has 26 heavy (non-hydrogen) atoms. The van der Waals surface area contributed by atoms with Crippen molar-refractivity contribution in [1.82, 2.24) is 9.38 Å². The third-order valence-corrected chi connectivity index (χ3v) is 4.18. The summed E-state index contributed by atoms with van der Waals surface area (Å²) < 4.78 is 39.5. The summed E-state index contributed by atoms with van der Waals surface area (Å²) in [5.41, 5.74) is 0.688. The maximum atomic E-state index is 13.8. The Morgan fingerprint density at radius 3 is 2.62 bits per heavy atom. The van der Waals surface area contributed by atoms with Gasteiger partial charge in [-0.05, 0) is 37.1 Å². The van der Waals surface area contributed by atoms with E-state index < -0.39 is 17.8 Å². The number of imidazole rings is 1. The maximum Gasteiger partial charge on any atom is 0.512 e. The average Bonchev–Trinajstić information content (AvgIpc) is 3.37. The summed E-state index contributed by atoms with van der Waals surface area (Å²) in [6.07, 6.45) is 1.96. The zero-order valence-electron chi connectivity index (χ0n) is 13.5. The zero-order valence-corrected chi connectivity index (χ0v) is 13.5. The average molecular weight is 360 g/mol. The van der Waals surface area contributed by atoms with Crippen LogP contribution in [0.15, 0.2) is 36.5 Å². The summed E-state index contributed by atoms with van der Waals surface area (Å²) in [4.78, 5) is 15.4. The SMILES string of the molecule is O=C(O)Oc1c(C2CC2)nc2c(OCc3c(F)cccc3F)cccn12. The maximum absolute atomic E-state index is 13.8. The number of nitrogens with zero attached hydrogens (tertiary/aromatic N) is 2. The molecule has 0 unspecified atom stereocenters. The molecule has 2 aromatic heterocycles. The lowest BCUT2D eigenvalue weighted by molar-refractivity contribution is 0.141. The van der Waals surface area contributed by atoms with E-state index in [1.165, 1.54) is 10.5 Å². The van der Waals surface area contributed by atoms with Crippen LogP contribution >= 0.6 is 0 Å². The largest absolute Gasteiger partial charge is 0.512 e. The first-order valence-electron chi connectivity index (χ1n) is 8.02. The van der Waals surface area contributed by atoms with Gasteiger partial charge >= 0.3 is 6.16 Å². The van der Waals surface area contributed by atoms with Crippen LogP contribution in [0.1, 0.15) is 30.0 Å². The van der Waals surface area contributed by atoms with E-state index in [9.17, 15) is 13.6 Å². The third-order valence-electron chi connectivity index (χ3n) is 4.18. The molecule has 1 aliphatic carbocycles. The molecule has 1 N–H and O–H groups in total. The van der Waals surface area contributed by atoms with Crippen molar-refractivity contribution in [3.63, 3.8) is 0 Å². The number of rotatable bonds is 5. The Kier molecular flexibility index (Phi) is 3.95. The number of fused-ring (bicyclic) bond motifs is 1. The van der Waals surface area contributed by atoms with Gasteiger partial charge in [-0.2, -0.15) is 0 Å². The smallest absolute Gasteiger partial charge is 0.485 e.